The zero-order valence-corrected chi connectivity index (χ0v) is 16.8. The first-order chi connectivity index (χ1) is 12.3. The quantitative estimate of drug-likeness (QED) is 0.316. The van der Waals surface area contributed by atoms with E-state index in [4.69, 9.17) is 10.5 Å². The SMILES string of the molecule is CCC(C)(C)C(=O)C(=O)N1CCCC1C(S)OCCc1ccc(N)cc1. The van der Waals surface area contributed by atoms with Gasteiger partial charge in [-0.15, -0.1) is 12.6 Å². The van der Waals surface area contributed by atoms with Crippen molar-refractivity contribution in [2.24, 2.45) is 5.41 Å². The summed E-state index contributed by atoms with van der Waals surface area (Å²) in [7, 11) is 0. The molecule has 1 amide bonds. The minimum Gasteiger partial charge on any atom is -0.399 e. The summed E-state index contributed by atoms with van der Waals surface area (Å²) in [5.74, 6) is -0.727. The van der Waals surface area contributed by atoms with E-state index in [1.807, 2.05) is 45.0 Å². The lowest BCUT2D eigenvalue weighted by Crippen LogP contribution is -2.48. The number of nitrogens with two attached hydrogens (primary N) is 1. The average molecular weight is 379 g/mol. The number of carbonyl (C=O) groups excluding carboxylic acids is 2. The van der Waals surface area contributed by atoms with Crippen LogP contribution >= 0.6 is 12.6 Å². The number of nitrogens with zero attached hydrogens (tertiary/aromatic N) is 1. The summed E-state index contributed by atoms with van der Waals surface area (Å²) >= 11 is 4.56. The predicted octanol–water partition coefficient (Wildman–Crippen LogP) is 3.08. The number of benzene rings is 1. The number of hydrogen-bond acceptors (Lipinski definition) is 5. The molecule has 2 atom stereocenters. The lowest BCUT2D eigenvalue weighted by Gasteiger charge is -2.31. The Hall–Kier alpha value is -1.53. The summed E-state index contributed by atoms with van der Waals surface area (Å²) in [6.45, 7) is 6.66. The Bertz CT molecular complexity index is 630. The van der Waals surface area contributed by atoms with Crippen LogP contribution in [0.1, 0.15) is 45.6 Å². The molecular formula is C20H30N2O3S. The molecule has 0 spiro atoms. The highest BCUT2D eigenvalue weighted by Crippen LogP contribution is 2.28. The van der Waals surface area contributed by atoms with Gasteiger partial charge >= 0.3 is 0 Å². The normalized spacial score (nSPS) is 18.8. The molecule has 0 aliphatic carbocycles. The van der Waals surface area contributed by atoms with E-state index in [0.717, 1.165) is 30.5 Å². The van der Waals surface area contributed by atoms with E-state index >= 15 is 0 Å². The molecule has 144 valence electrons. The first-order valence-corrected chi connectivity index (χ1v) is 9.77. The maximum Gasteiger partial charge on any atom is 0.290 e. The van der Waals surface area contributed by atoms with Crippen molar-refractivity contribution < 1.29 is 14.3 Å². The third-order valence-electron chi connectivity index (χ3n) is 5.24. The number of likely N-dealkylation sites (tertiary alicyclic amines) is 1. The van der Waals surface area contributed by atoms with Gasteiger partial charge in [0.25, 0.3) is 5.91 Å². The fourth-order valence-electron chi connectivity index (χ4n) is 3.01. The minimum absolute atomic E-state index is 0.158. The molecule has 2 rings (SSSR count). The second kappa shape index (κ2) is 8.91. The Labute approximate surface area is 161 Å². The van der Waals surface area contributed by atoms with Crippen LogP contribution in [0, 0.1) is 5.41 Å². The van der Waals surface area contributed by atoms with Crippen LogP contribution < -0.4 is 5.73 Å². The highest BCUT2D eigenvalue weighted by atomic mass is 32.1. The van der Waals surface area contributed by atoms with Gasteiger partial charge in [-0.05, 0) is 43.4 Å². The molecule has 1 fully saturated rings. The van der Waals surface area contributed by atoms with Crippen molar-refractivity contribution in [3.8, 4) is 0 Å². The molecule has 0 radical (unpaired) electrons. The largest absolute Gasteiger partial charge is 0.399 e. The third kappa shape index (κ3) is 5.01. The summed E-state index contributed by atoms with van der Waals surface area (Å²) in [6, 6.07) is 7.53. The smallest absolute Gasteiger partial charge is 0.290 e. The molecule has 1 heterocycles. The van der Waals surface area contributed by atoms with Gasteiger partial charge in [-0.25, -0.2) is 0 Å². The maximum atomic E-state index is 12.7. The number of ketones is 1. The molecule has 0 saturated carbocycles. The number of nitrogen functional groups attached to an aromatic ring is 1. The number of rotatable bonds is 8. The maximum absolute atomic E-state index is 12.7. The predicted molar refractivity (Wildman–Crippen MR) is 107 cm³/mol. The first kappa shape index (κ1) is 20.8. The van der Waals surface area contributed by atoms with Gasteiger partial charge in [-0.2, -0.15) is 0 Å². The number of anilines is 1. The zero-order chi connectivity index (χ0) is 19.3. The van der Waals surface area contributed by atoms with Crippen LogP contribution in [-0.2, 0) is 20.7 Å². The lowest BCUT2D eigenvalue weighted by molar-refractivity contribution is -0.150. The van der Waals surface area contributed by atoms with Crippen LogP contribution in [0.5, 0.6) is 0 Å². The van der Waals surface area contributed by atoms with Crippen LogP contribution in [0.3, 0.4) is 0 Å². The molecule has 2 unspecified atom stereocenters. The van der Waals surface area contributed by atoms with Crippen LogP contribution in [0.2, 0.25) is 0 Å². The third-order valence-corrected chi connectivity index (χ3v) is 5.73. The van der Waals surface area contributed by atoms with E-state index in [1.54, 1.807) is 4.90 Å². The summed E-state index contributed by atoms with van der Waals surface area (Å²) in [6.07, 6.45) is 3.06. The Kier molecular flexibility index (Phi) is 7.12. The van der Waals surface area contributed by atoms with Gasteiger partial charge in [0.1, 0.15) is 5.44 Å². The molecule has 1 aromatic rings. The summed E-state index contributed by atoms with van der Waals surface area (Å²) in [4.78, 5) is 26.8. The fraction of sp³-hybridized carbons (Fsp3) is 0.600. The van der Waals surface area contributed by atoms with Gasteiger partial charge in [0.15, 0.2) is 0 Å². The highest BCUT2D eigenvalue weighted by Gasteiger charge is 2.40. The molecule has 5 nitrogen and oxygen atoms in total. The molecule has 26 heavy (non-hydrogen) atoms. The Balaban J connectivity index is 1.90. The molecule has 1 aromatic carbocycles. The molecule has 2 N–H and O–H groups in total. The van der Waals surface area contributed by atoms with Crippen molar-refractivity contribution in [3.63, 3.8) is 0 Å². The van der Waals surface area contributed by atoms with Crippen LogP contribution in [0.25, 0.3) is 0 Å². The van der Waals surface area contributed by atoms with E-state index in [9.17, 15) is 9.59 Å². The monoisotopic (exact) mass is 378 g/mol. The second-order valence-electron chi connectivity index (χ2n) is 7.53. The second-order valence-corrected chi connectivity index (χ2v) is 8.04. The van der Waals surface area contributed by atoms with E-state index in [0.29, 0.717) is 19.6 Å². The number of carbonyl (C=O) groups is 2. The summed E-state index contributed by atoms with van der Waals surface area (Å²) in [5, 5.41) is 0. The standard InChI is InChI=1S/C20H30N2O3S/c1-4-20(2,3)17(23)18(24)22-12-5-6-16(22)19(26)25-13-11-14-7-9-15(21)10-8-14/h7-10,16,19,26H,4-6,11-13,21H2,1-3H3. The molecule has 0 bridgehead atoms. The number of thiol groups is 1. The minimum atomic E-state index is -0.633. The van der Waals surface area contributed by atoms with Crippen molar-refractivity contribution in [2.75, 3.05) is 18.9 Å². The van der Waals surface area contributed by atoms with E-state index in [-0.39, 0.29) is 11.8 Å². The Morgan fingerprint density at radius 1 is 1.35 bits per heavy atom. The van der Waals surface area contributed by atoms with Gasteiger partial charge in [-0.1, -0.05) is 32.9 Å². The molecule has 1 saturated heterocycles. The van der Waals surface area contributed by atoms with Crippen molar-refractivity contribution >= 4 is 30.0 Å². The van der Waals surface area contributed by atoms with Gasteiger partial charge in [0.05, 0.1) is 12.6 Å². The Morgan fingerprint density at radius 2 is 2.00 bits per heavy atom. The van der Waals surface area contributed by atoms with E-state index < -0.39 is 16.8 Å². The Morgan fingerprint density at radius 3 is 2.62 bits per heavy atom. The fourth-order valence-corrected chi connectivity index (χ4v) is 3.43. The molecular weight excluding hydrogens is 348 g/mol. The zero-order valence-electron chi connectivity index (χ0n) is 15.9. The topological polar surface area (TPSA) is 72.6 Å². The van der Waals surface area contributed by atoms with Crippen molar-refractivity contribution in [1.82, 2.24) is 4.90 Å². The highest BCUT2D eigenvalue weighted by molar-refractivity contribution is 7.80. The van der Waals surface area contributed by atoms with Crippen LogP contribution in [-0.4, -0.2) is 41.2 Å². The van der Waals surface area contributed by atoms with Gasteiger partial charge in [-0.3, -0.25) is 9.59 Å². The number of amides is 1. The van der Waals surface area contributed by atoms with Gasteiger partial charge in [0.2, 0.25) is 5.78 Å². The molecule has 1 aliphatic rings. The van der Waals surface area contributed by atoms with Gasteiger partial charge < -0.3 is 15.4 Å². The molecule has 1 aliphatic heterocycles. The lowest BCUT2D eigenvalue weighted by atomic mass is 9.84. The number of hydrogen-bond donors (Lipinski definition) is 2. The van der Waals surface area contributed by atoms with E-state index in [1.165, 1.54) is 0 Å². The number of Topliss-reactive ketones (excluding diaryl/α,β-unsaturated/α-hetero) is 1. The first-order valence-electron chi connectivity index (χ1n) is 9.25. The van der Waals surface area contributed by atoms with Crippen molar-refractivity contribution in [1.29, 1.82) is 0 Å². The molecule has 6 heteroatoms. The van der Waals surface area contributed by atoms with Crippen LogP contribution in [0.15, 0.2) is 24.3 Å². The van der Waals surface area contributed by atoms with Crippen molar-refractivity contribution in [3.05, 3.63) is 29.8 Å². The summed E-state index contributed by atoms with van der Waals surface area (Å²) in [5.41, 5.74) is 6.53. The average Bonchev–Trinajstić information content (AvgIpc) is 3.11. The summed E-state index contributed by atoms with van der Waals surface area (Å²) < 4.78 is 5.86. The number of ether oxygens (including phenoxy) is 1. The van der Waals surface area contributed by atoms with E-state index in [2.05, 4.69) is 12.6 Å². The van der Waals surface area contributed by atoms with Crippen molar-refractivity contribution in [2.45, 2.75) is 57.9 Å². The van der Waals surface area contributed by atoms with Gasteiger partial charge in [0, 0.05) is 17.6 Å². The molecule has 0 aromatic heterocycles. The van der Waals surface area contributed by atoms with Crippen LogP contribution in [0.4, 0.5) is 5.69 Å².